The molecule has 4 nitrogen and oxygen atoms in total. The molecule has 0 bridgehead atoms. The Bertz CT molecular complexity index is 431. The molecule has 0 atom stereocenters. The van der Waals surface area contributed by atoms with Gasteiger partial charge in [-0.1, -0.05) is 13.8 Å². The van der Waals surface area contributed by atoms with E-state index in [-0.39, 0.29) is 10.3 Å². The quantitative estimate of drug-likeness (QED) is 0.821. The highest BCUT2D eigenvalue weighted by atomic mass is 35.5. The Hall–Kier alpha value is -0.650. The molecule has 0 aliphatic carbocycles. The molecular formula is C10H15ClN2O2S. The first-order valence-corrected chi connectivity index (χ1v) is 6.85. The average Bonchev–Trinajstić information content (AvgIpc) is 2.28. The van der Waals surface area contributed by atoms with Crippen LogP contribution in [0.5, 0.6) is 0 Å². The summed E-state index contributed by atoms with van der Waals surface area (Å²) < 4.78 is 26.1. The lowest BCUT2D eigenvalue weighted by Gasteiger charge is -2.21. The van der Waals surface area contributed by atoms with Crippen molar-refractivity contribution < 1.29 is 8.42 Å². The molecule has 0 unspecified atom stereocenters. The Morgan fingerprint density at radius 2 is 2.19 bits per heavy atom. The van der Waals surface area contributed by atoms with Gasteiger partial charge >= 0.3 is 0 Å². The molecule has 1 rings (SSSR count). The molecule has 0 radical (unpaired) electrons. The Balaban J connectivity index is 2.75. The number of rotatable bonds is 5. The van der Waals surface area contributed by atoms with E-state index in [0.29, 0.717) is 12.4 Å². The minimum absolute atomic E-state index is 0.167. The van der Waals surface area contributed by atoms with Crippen LogP contribution >= 0.6 is 11.6 Å². The van der Waals surface area contributed by atoms with Gasteiger partial charge in [0, 0.05) is 24.8 Å². The number of sulfonamides is 1. The maximum atomic E-state index is 11.8. The third kappa shape index (κ3) is 3.73. The molecule has 0 spiro atoms. The topological polar surface area (TPSA) is 59.1 Å². The monoisotopic (exact) mass is 262 g/mol. The summed E-state index contributed by atoms with van der Waals surface area (Å²) in [6.45, 7) is 4.09. The summed E-state index contributed by atoms with van der Waals surface area (Å²) in [6.07, 6.45) is 2.84. The zero-order valence-corrected chi connectivity index (χ0v) is 10.8. The van der Waals surface area contributed by atoms with Gasteiger partial charge in [0.15, 0.2) is 0 Å². The zero-order valence-electron chi connectivity index (χ0n) is 9.27. The van der Waals surface area contributed by atoms with Gasteiger partial charge in [-0.05, 0) is 17.5 Å². The van der Waals surface area contributed by atoms with Crippen LogP contribution in [0.1, 0.15) is 13.8 Å². The molecule has 6 heteroatoms. The van der Waals surface area contributed by atoms with Gasteiger partial charge in [0.05, 0.1) is 0 Å². The lowest BCUT2D eigenvalue weighted by molar-refractivity contribution is 0.414. The number of nitrogens with one attached hydrogen (secondary N) is 1. The van der Waals surface area contributed by atoms with Gasteiger partial charge in [0.2, 0.25) is 10.0 Å². The van der Waals surface area contributed by atoms with E-state index in [1.807, 2.05) is 13.8 Å². The fourth-order valence-corrected chi connectivity index (χ4v) is 2.23. The van der Waals surface area contributed by atoms with Crippen LogP contribution in [0.25, 0.3) is 0 Å². The molecule has 16 heavy (non-hydrogen) atoms. The van der Waals surface area contributed by atoms with Gasteiger partial charge in [-0.2, -0.15) is 0 Å². The highest BCUT2D eigenvalue weighted by molar-refractivity contribution is 7.89. The van der Waals surface area contributed by atoms with Crippen molar-refractivity contribution in [2.75, 3.05) is 12.4 Å². The second kappa shape index (κ2) is 5.12. The maximum Gasteiger partial charge on any atom is 0.242 e. The molecule has 1 heterocycles. The summed E-state index contributed by atoms with van der Waals surface area (Å²) in [6, 6.07) is 3.09. The minimum atomic E-state index is -3.47. The van der Waals surface area contributed by atoms with Gasteiger partial charge in [0.1, 0.15) is 4.90 Å². The van der Waals surface area contributed by atoms with Gasteiger partial charge in [-0.25, -0.2) is 13.1 Å². The molecule has 0 saturated carbocycles. The number of nitrogens with zero attached hydrogens (tertiary/aromatic N) is 1. The predicted molar refractivity (Wildman–Crippen MR) is 63.9 cm³/mol. The van der Waals surface area contributed by atoms with Gasteiger partial charge in [0.25, 0.3) is 0 Å². The number of hydrogen-bond donors (Lipinski definition) is 1. The van der Waals surface area contributed by atoms with E-state index < -0.39 is 10.0 Å². The predicted octanol–water partition coefficient (Wildman–Crippen LogP) is 1.62. The van der Waals surface area contributed by atoms with Gasteiger partial charge < -0.3 is 0 Å². The second-order valence-electron chi connectivity index (χ2n) is 4.31. The van der Waals surface area contributed by atoms with Crippen LogP contribution in [0.2, 0.25) is 0 Å². The Kier molecular flexibility index (Phi) is 4.29. The molecule has 1 aromatic heterocycles. The van der Waals surface area contributed by atoms with Crippen LogP contribution in [0.3, 0.4) is 0 Å². The summed E-state index contributed by atoms with van der Waals surface area (Å²) in [5, 5.41) is 0. The van der Waals surface area contributed by atoms with E-state index in [4.69, 9.17) is 11.6 Å². The summed E-state index contributed by atoms with van der Waals surface area (Å²) >= 11 is 5.72. The molecule has 0 aliphatic heterocycles. The highest BCUT2D eigenvalue weighted by Crippen LogP contribution is 2.16. The van der Waals surface area contributed by atoms with Crippen molar-refractivity contribution in [3.63, 3.8) is 0 Å². The van der Waals surface area contributed by atoms with E-state index >= 15 is 0 Å². The van der Waals surface area contributed by atoms with E-state index in [9.17, 15) is 8.42 Å². The molecule has 0 aromatic carbocycles. The summed E-state index contributed by atoms with van der Waals surface area (Å²) in [5.41, 5.74) is -0.267. The fraction of sp³-hybridized carbons (Fsp3) is 0.500. The normalized spacial score (nSPS) is 12.7. The third-order valence-corrected chi connectivity index (χ3v) is 4.16. The molecule has 0 amide bonds. The Morgan fingerprint density at radius 1 is 1.50 bits per heavy atom. The van der Waals surface area contributed by atoms with Crippen LogP contribution in [-0.4, -0.2) is 25.8 Å². The van der Waals surface area contributed by atoms with E-state index in [1.165, 1.54) is 18.5 Å². The number of alkyl halides is 1. The lowest BCUT2D eigenvalue weighted by Crippen LogP contribution is -2.35. The number of halogens is 1. The lowest BCUT2D eigenvalue weighted by atomic mass is 9.97. The molecule has 0 aliphatic rings. The first-order chi connectivity index (χ1) is 7.37. The summed E-state index contributed by atoms with van der Waals surface area (Å²) in [7, 11) is -3.47. The minimum Gasteiger partial charge on any atom is -0.263 e. The maximum absolute atomic E-state index is 11.8. The van der Waals surface area contributed by atoms with Crippen molar-refractivity contribution in [2.24, 2.45) is 5.41 Å². The highest BCUT2D eigenvalue weighted by Gasteiger charge is 2.21. The van der Waals surface area contributed by atoms with Crippen molar-refractivity contribution in [2.45, 2.75) is 18.7 Å². The molecule has 1 N–H and O–H groups in total. The standard InChI is InChI=1S/C10H15ClN2O2S/c1-10(2,7-11)8-13-16(14,15)9-4-3-5-12-6-9/h3-6,13H,7-8H2,1-2H3. The van der Waals surface area contributed by atoms with Crippen LogP contribution in [0, 0.1) is 5.41 Å². The van der Waals surface area contributed by atoms with E-state index in [1.54, 1.807) is 6.07 Å². The molecule has 1 aromatic rings. The SMILES string of the molecule is CC(C)(CCl)CNS(=O)(=O)c1cccnc1. The fourth-order valence-electron chi connectivity index (χ4n) is 0.927. The van der Waals surface area contributed by atoms with Gasteiger partial charge in [-0.15, -0.1) is 11.6 Å². The summed E-state index contributed by atoms with van der Waals surface area (Å²) in [5.74, 6) is 0.391. The number of pyridine rings is 1. The van der Waals surface area contributed by atoms with Crippen molar-refractivity contribution in [3.05, 3.63) is 24.5 Å². The van der Waals surface area contributed by atoms with Crippen molar-refractivity contribution in [1.82, 2.24) is 9.71 Å². The molecular weight excluding hydrogens is 248 g/mol. The van der Waals surface area contributed by atoms with Crippen molar-refractivity contribution in [3.8, 4) is 0 Å². The summed E-state index contributed by atoms with van der Waals surface area (Å²) in [4.78, 5) is 3.94. The van der Waals surface area contributed by atoms with E-state index in [0.717, 1.165) is 0 Å². The number of hydrogen-bond acceptors (Lipinski definition) is 3. The van der Waals surface area contributed by atoms with Crippen LogP contribution < -0.4 is 4.72 Å². The first kappa shape index (κ1) is 13.4. The van der Waals surface area contributed by atoms with Crippen LogP contribution in [-0.2, 0) is 10.0 Å². The Labute approximate surface area is 101 Å². The smallest absolute Gasteiger partial charge is 0.242 e. The van der Waals surface area contributed by atoms with Crippen LogP contribution in [0.4, 0.5) is 0 Å². The second-order valence-corrected chi connectivity index (χ2v) is 6.35. The van der Waals surface area contributed by atoms with E-state index in [2.05, 4.69) is 9.71 Å². The molecule has 0 fully saturated rings. The van der Waals surface area contributed by atoms with Gasteiger partial charge in [-0.3, -0.25) is 4.98 Å². The van der Waals surface area contributed by atoms with Crippen LogP contribution in [0.15, 0.2) is 29.4 Å². The number of aromatic nitrogens is 1. The van der Waals surface area contributed by atoms with Crippen molar-refractivity contribution in [1.29, 1.82) is 0 Å². The van der Waals surface area contributed by atoms with Crippen molar-refractivity contribution >= 4 is 21.6 Å². The third-order valence-electron chi connectivity index (χ3n) is 2.05. The average molecular weight is 263 g/mol. The zero-order chi connectivity index (χ0) is 12.2. The molecule has 90 valence electrons. The Morgan fingerprint density at radius 3 is 2.69 bits per heavy atom. The molecule has 0 saturated heterocycles. The largest absolute Gasteiger partial charge is 0.263 e. The first-order valence-electron chi connectivity index (χ1n) is 4.83.